The van der Waals surface area contributed by atoms with Crippen LogP contribution < -0.4 is 15.4 Å². The number of hydrogen-bond acceptors (Lipinski definition) is 5. The van der Waals surface area contributed by atoms with Crippen LogP contribution in [0.25, 0.3) is 10.8 Å². The van der Waals surface area contributed by atoms with Crippen molar-refractivity contribution >= 4 is 38.3 Å². The lowest BCUT2D eigenvalue weighted by molar-refractivity contribution is -0.532. The van der Waals surface area contributed by atoms with Crippen molar-refractivity contribution in [3.05, 3.63) is 116 Å². The standard InChI is InChI=1S/C29H24BrN3O4/c1-17-26(27(33(35)36)29(32-17)22-8-4-5-9-24(22)31-28(29)34)21-12-13-25(23(30)15-21)37-16-18-10-11-19-6-2-3-7-20(19)14-18/h2-15,17,26-27,32H,16H2,1H3,(H,31,34)/t17-,26+,27-,29-/m0/s1. The van der Waals surface area contributed by atoms with Gasteiger partial charge in [0.1, 0.15) is 12.4 Å². The molecule has 2 N–H and O–H groups in total. The van der Waals surface area contributed by atoms with Crippen LogP contribution in [-0.2, 0) is 16.9 Å². The van der Waals surface area contributed by atoms with E-state index in [1.807, 2.05) is 49.4 Å². The largest absolute Gasteiger partial charge is 0.488 e. The fourth-order valence-corrected chi connectivity index (χ4v) is 6.40. The van der Waals surface area contributed by atoms with E-state index in [2.05, 4.69) is 50.8 Å². The summed E-state index contributed by atoms with van der Waals surface area (Å²) in [6.07, 6.45) is 0. The molecule has 2 heterocycles. The van der Waals surface area contributed by atoms with Crippen LogP contribution in [0.1, 0.15) is 29.5 Å². The SMILES string of the molecule is C[C@@H]1N[C@]2(C(=O)Nc3ccccc32)[C@@H]([N+](=O)[O-])[C@H]1c1ccc(OCc2ccc3ccccc3c2)c(Br)c1. The zero-order chi connectivity index (χ0) is 25.7. The molecule has 0 saturated carbocycles. The lowest BCUT2D eigenvalue weighted by Gasteiger charge is -2.25. The number of benzene rings is 4. The molecule has 4 atom stereocenters. The van der Waals surface area contributed by atoms with Gasteiger partial charge in [-0.1, -0.05) is 60.7 Å². The van der Waals surface area contributed by atoms with E-state index >= 15 is 0 Å². The first-order chi connectivity index (χ1) is 17.9. The molecule has 7 nitrogen and oxygen atoms in total. The molecule has 0 radical (unpaired) electrons. The molecule has 0 unspecified atom stereocenters. The first kappa shape index (κ1) is 23.6. The molecule has 4 aromatic rings. The van der Waals surface area contributed by atoms with E-state index in [4.69, 9.17) is 4.74 Å². The van der Waals surface area contributed by atoms with Gasteiger partial charge in [-0.25, -0.2) is 0 Å². The summed E-state index contributed by atoms with van der Waals surface area (Å²) in [7, 11) is 0. The number of nitro groups is 1. The highest BCUT2D eigenvalue weighted by Gasteiger charge is 2.67. The Bertz CT molecular complexity index is 1560. The maximum absolute atomic E-state index is 13.2. The second-order valence-electron chi connectivity index (χ2n) is 9.66. The van der Waals surface area contributed by atoms with Gasteiger partial charge in [0, 0.05) is 22.2 Å². The van der Waals surface area contributed by atoms with Crippen molar-refractivity contribution in [1.29, 1.82) is 0 Å². The molecule has 1 saturated heterocycles. The van der Waals surface area contributed by atoms with E-state index in [1.54, 1.807) is 18.2 Å². The quantitative estimate of drug-likeness (QED) is 0.241. The summed E-state index contributed by atoms with van der Waals surface area (Å²) in [4.78, 5) is 25.4. The molecule has 37 heavy (non-hydrogen) atoms. The first-order valence-electron chi connectivity index (χ1n) is 12.1. The monoisotopic (exact) mass is 557 g/mol. The molecule has 0 aromatic heterocycles. The lowest BCUT2D eigenvalue weighted by atomic mass is 9.78. The number of nitrogens with one attached hydrogen (secondary N) is 2. The third-order valence-electron chi connectivity index (χ3n) is 7.51. The second-order valence-corrected chi connectivity index (χ2v) is 10.5. The topological polar surface area (TPSA) is 93.5 Å². The fourth-order valence-electron chi connectivity index (χ4n) is 5.88. The summed E-state index contributed by atoms with van der Waals surface area (Å²) < 4.78 is 6.79. The van der Waals surface area contributed by atoms with Gasteiger partial charge in [0.2, 0.25) is 0 Å². The summed E-state index contributed by atoms with van der Waals surface area (Å²) >= 11 is 3.60. The molecule has 1 spiro atoms. The van der Waals surface area contributed by atoms with Crippen molar-refractivity contribution in [3.63, 3.8) is 0 Å². The normalized spacial score (nSPS) is 24.3. The first-order valence-corrected chi connectivity index (χ1v) is 12.9. The summed E-state index contributed by atoms with van der Waals surface area (Å²) in [5.74, 6) is -0.274. The van der Waals surface area contributed by atoms with Gasteiger partial charge in [-0.15, -0.1) is 0 Å². The molecule has 8 heteroatoms. The van der Waals surface area contributed by atoms with E-state index in [1.165, 1.54) is 5.39 Å². The Kier molecular flexibility index (Phi) is 5.73. The Morgan fingerprint density at radius 3 is 2.54 bits per heavy atom. The number of halogens is 1. The van der Waals surface area contributed by atoms with Gasteiger partial charge >= 0.3 is 0 Å². The number of rotatable bonds is 5. The summed E-state index contributed by atoms with van der Waals surface area (Å²) in [6, 6.07) is 25.6. The van der Waals surface area contributed by atoms with E-state index < -0.39 is 17.5 Å². The second kappa shape index (κ2) is 8.97. The van der Waals surface area contributed by atoms with E-state index in [0.717, 1.165) is 16.5 Å². The van der Waals surface area contributed by atoms with Crippen molar-refractivity contribution in [2.24, 2.45) is 0 Å². The Hall–Kier alpha value is -3.75. The molecule has 1 amide bonds. The molecular weight excluding hydrogens is 534 g/mol. The van der Waals surface area contributed by atoms with Gasteiger partial charge < -0.3 is 10.1 Å². The van der Waals surface area contributed by atoms with Crippen LogP contribution in [0.4, 0.5) is 5.69 Å². The van der Waals surface area contributed by atoms with Crippen LogP contribution in [-0.4, -0.2) is 22.9 Å². The van der Waals surface area contributed by atoms with Crippen molar-refractivity contribution in [2.75, 3.05) is 5.32 Å². The van der Waals surface area contributed by atoms with Crippen molar-refractivity contribution in [3.8, 4) is 5.75 Å². The van der Waals surface area contributed by atoms with Crippen LogP contribution in [0.2, 0.25) is 0 Å². The maximum atomic E-state index is 13.2. The summed E-state index contributed by atoms with van der Waals surface area (Å²) in [5, 5.41) is 21.0. The van der Waals surface area contributed by atoms with E-state index in [0.29, 0.717) is 28.1 Å². The molecule has 6 rings (SSSR count). The number of carbonyl (C=O) groups is 1. The molecule has 2 aliphatic heterocycles. The number of hydrogen-bond donors (Lipinski definition) is 2. The molecule has 4 aromatic carbocycles. The number of nitrogens with zero attached hydrogens (tertiary/aromatic N) is 1. The van der Waals surface area contributed by atoms with E-state index in [9.17, 15) is 14.9 Å². The van der Waals surface area contributed by atoms with Gasteiger partial charge in [0.25, 0.3) is 11.9 Å². The van der Waals surface area contributed by atoms with Crippen LogP contribution in [0, 0.1) is 10.1 Å². The lowest BCUT2D eigenvalue weighted by Crippen LogP contribution is -2.54. The average Bonchev–Trinajstić information content (AvgIpc) is 3.36. The Balaban J connectivity index is 1.29. The van der Waals surface area contributed by atoms with Gasteiger partial charge in [-0.05, 0) is 69.0 Å². The molecule has 0 bridgehead atoms. The predicted octanol–water partition coefficient (Wildman–Crippen LogP) is 5.75. The molecule has 186 valence electrons. The highest BCUT2D eigenvalue weighted by molar-refractivity contribution is 9.10. The van der Waals surface area contributed by atoms with Gasteiger partial charge in [-0.2, -0.15) is 0 Å². The number of para-hydroxylation sites is 1. The van der Waals surface area contributed by atoms with Crippen molar-refractivity contribution in [2.45, 2.75) is 37.1 Å². The summed E-state index contributed by atoms with van der Waals surface area (Å²) in [6.45, 7) is 2.28. The number of carbonyl (C=O) groups excluding carboxylic acids is 1. The Labute approximate surface area is 222 Å². The maximum Gasteiger partial charge on any atom is 0.256 e. The zero-order valence-corrected chi connectivity index (χ0v) is 21.6. The highest BCUT2D eigenvalue weighted by atomic mass is 79.9. The van der Waals surface area contributed by atoms with E-state index in [-0.39, 0.29) is 16.9 Å². The van der Waals surface area contributed by atoms with Crippen molar-refractivity contribution in [1.82, 2.24) is 5.32 Å². The minimum atomic E-state index is -1.43. The Morgan fingerprint density at radius 2 is 1.76 bits per heavy atom. The minimum absolute atomic E-state index is 0.316. The van der Waals surface area contributed by atoms with Crippen LogP contribution in [0.3, 0.4) is 0 Å². The van der Waals surface area contributed by atoms with Crippen LogP contribution >= 0.6 is 15.9 Å². The average molecular weight is 558 g/mol. The predicted molar refractivity (Wildman–Crippen MR) is 145 cm³/mol. The molecule has 2 aliphatic rings. The number of anilines is 1. The van der Waals surface area contributed by atoms with Gasteiger partial charge in [0.05, 0.1) is 10.4 Å². The number of amides is 1. The van der Waals surface area contributed by atoms with Crippen molar-refractivity contribution < 1.29 is 14.5 Å². The van der Waals surface area contributed by atoms with Gasteiger partial charge in [0.15, 0.2) is 5.54 Å². The fraction of sp³-hybridized carbons (Fsp3) is 0.207. The summed E-state index contributed by atoms with van der Waals surface area (Å²) in [5.41, 5.74) is 1.61. The minimum Gasteiger partial charge on any atom is -0.488 e. The highest BCUT2D eigenvalue weighted by Crippen LogP contribution is 2.50. The Morgan fingerprint density at radius 1 is 1.00 bits per heavy atom. The third kappa shape index (κ3) is 3.79. The molecule has 1 fully saturated rings. The zero-order valence-electron chi connectivity index (χ0n) is 20.0. The van der Waals surface area contributed by atoms with Crippen LogP contribution in [0.15, 0.2) is 89.4 Å². The number of fused-ring (bicyclic) bond motifs is 3. The molecule has 0 aliphatic carbocycles. The molecular formula is C29H24BrN3O4. The smallest absolute Gasteiger partial charge is 0.256 e. The number of ether oxygens (including phenoxy) is 1. The van der Waals surface area contributed by atoms with Gasteiger partial charge in [-0.3, -0.25) is 20.2 Å². The van der Waals surface area contributed by atoms with Crippen LogP contribution in [0.5, 0.6) is 5.75 Å². The third-order valence-corrected chi connectivity index (χ3v) is 8.13.